The molecule has 0 radical (unpaired) electrons. The standard InChI is InChI=1S/C18H14O4/c1-3-11-7-5-9-13(15(11)17(19)20)14-10-6-8-12(4-2)16(14)18(21)22/h3-10H,1-2H2,(H,19,20)(H,21,22). The molecule has 0 aromatic heterocycles. The molecular weight excluding hydrogens is 280 g/mol. The average molecular weight is 294 g/mol. The van der Waals surface area contributed by atoms with E-state index in [1.165, 1.54) is 12.2 Å². The van der Waals surface area contributed by atoms with Gasteiger partial charge in [-0.05, 0) is 22.3 Å². The molecule has 0 aliphatic carbocycles. The number of carboxylic acid groups (broad SMARTS) is 2. The fourth-order valence-electron chi connectivity index (χ4n) is 2.41. The SMILES string of the molecule is C=Cc1cccc(-c2cccc(C=C)c2C(=O)O)c1C(=O)O. The number of benzene rings is 2. The molecule has 0 amide bonds. The summed E-state index contributed by atoms with van der Waals surface area (Å²) in [5.74, 6) is -2.27. The molecule has 4 nitrogen and oxygen atoms in total. The van der Waals surface area contributed by atoms with Crippen molar-refractivity contribution in [2.75, 3.05) is 0 Å². The lowest BCUT2D eigenvalue weighted by atomic mass is 9.90. The highest BCUT2D eigenvalue weighted by Gasteiger charge is 2.21. The molecule has 0 saturated carbocycles. The molecule has 2 aromatic rings. The Kier molecular flexibility index (Phi) is 4.23. The molecule has 0 aliphatic rings. The van der Waals surface area contributed by atoms with Gasteiger partial charge < -0.3 is 10.2 Å². The molecule has 4 heteroatoms. The number of carboxylic acids is 2. The lowest BCUT2D eigenvalue weighted by molar-refractivity contribution is 0.0684. The summed E-state index contributed by atoms with van der Waals surface area (Å²) in [7, 11) is 0. The predicted molar refractivity (Wildman–Crippen MR) is 86.0 cm³/mol. The quantitative estimate of drug-likeness (QED) is 0.872. The summed E-state index contributed by atoms with van der Waals surface area (Å²) in [5.41, 5.74) is 1.61. The van der Waals surface area contributed by atoms with E-state index in [4.69, 9.17) is 0 Å². The van der Waals surface area contributed by atoms with E-state index in [0.717, 1.165) is 0 Å². The summed E-state index contributed by atoms with van der Waals surface area (Å²) >= 11 is 0. The molecule has 22 heavy (non-hydrogen) atoms. The van der Waals surface area contributed by atoms with Crippen molar-refractivity contribution in [3.05, 3.63) is 71.8 Å². The lowest BCUT2D eigenvalue weighted by Crippen LogP contribution is -2.07. The fourth-order valence-corrected chi connectivity index (χ4v) is 2.41. The van der Waals surface area contributed by atoms with Crippen LogP contribution in [0.1, 0.15) is 31.8 Å². The van der Waals surface area contributed by atoms with Crippen LogP contribution in [-0.2, 0) is 0 Å². The Bertz CT molecular complexity index is 720. The molecule has 0 aliphatic heterocycles. The van der Waals surface area contributed by atoms with Crippen molar-refractivity contribution in [1.82, 2.24) is 0 Å². The third-order valence-electron chi connectivity index (χ3n) is 3.35. The van der Waals surface area contributed by atoms with E-state index in [2.05, 4.69) is 13.2 Å². The molecule has 2 rings (SSSR count). The van der Waals surface area contributed by atoms with Crippen molar-refractivity contribution in [2.45, 2.75) is 0 Å². The largest absolute Gasteiger partial charge is 0.478 e. The molecule has 0 fully saturated rings. The Morgan fingerprint density at radius 1 is 0.773 bits per heavy atom. The van der Waals surface area contributed by atoms with Gasteiger partial charge >= 0.3 is 11.9 Å². The summed E-state index contributed by atoms with van der Waals surface area (Å²) < 4.78 is 0. The second kappa shape index (κ2) is 6.10. The lowest BCUT2D eigenvalue weighted by Gasteiger charge is -2.13. The highest BCUT2D eigenvalue weighted by atomic mass is 16.4. The van der Waals surface area contributed by atoms with E-state index in [-0.39, 0.29) is 11.1 Å². The normalized spacial score (nSPS) is 10.0. The molecular formula is C18H14O4. The average Bonchev–Trinajstić information content (AvgIpc) is 2.52. The van der Waals surface area contributed by atoms with Crippen LogP contribution in [0.4, 0.5) is 0 Å². The van der Waals surface area contributed by atoms with Crippen LogP contribution in [0, 0.1) is 0 Å². The Labute approximate surface area is 127 Å². The van der Waals surface area contributed by atoms with Crippen LogP contribution in [0.15, 0.2) is 49.6 Å². The summed E-state index contributed by atoms with van der Waals surface area (Å²) in [5, 5.41) is 19.0. The summed E-state index contributed by atoms with van der Waals surface area (Å²) in [6.45, 7) is 7.21. The van der Waals surface area contributed by atoms with Gasteiger partial charge in [-0.2, -0.15) is 0 Å². The first-order valence-electron chi connectivity index (χ1n) is 6.49. The second-order valence-corrected chi connectivity index (χ2v) is 4.56. The third kappa shape index (κ3) is 2.54. The van der Waals surface area contributed by atoms with Crippen molar-refractivity contribution in [2.24, 2.45) is 0 Å². The number of hydrogen-bond donors (Lipinski definition) is 2. The van der Waals surface area contributed by atoms with Crippen molar-refractivity contribution in [3.63, 3.8) is 0 Å². The van der Waals surface area contributed by atoms with Gasteiger partial charge in [0.25, 0.3) is 0 Å². The zero-order valence-electron chi connectivity index (χ0n) is 11.7. The molecule has 2 N–H and O–H groups in total. The number of rotatable bonds is 5. The first kappa shape index (κ1) is 15.3. The summed E-state index contributed by atoms with van der Waals surface area (Å²) in [6.07, 6.45) is 2.87. The summed E-state index contributed by atoms with van der Waals surface area (Å²) in [6, 6.07) is 9.77. The van der Waals surface area contributed by atoms with Crippen LogP contribution in [0.25, 0.3) is 23.3 Å². The van der Waals surface area contributed by atoms with E-state index in [1.54, 1.807) is 36.4 Å². The maximum Gasteiger partial charge on any atom is 0.336 e. The van der Waals surface area contributed by atoms with Gasteiger partial charge in [-0.3, -0.25) is 0 Å². The number of carbonyl (C=O) groups is 2. The highest BCUT2D eigenvalue weighted by molar-refractivity contribution is 6.05. The zero-order chi connectivity index (χ0) is 16.3. The highest BCUT2D eigenvalue weighted by Crippen LogP contribution is 2.32. The van der Waals surface area contributed by atoms with E-state index >= 15 is 0 Å². The van der Waals surface area contributed by atoms with Crippen LogP contribution in [-0.4, -0.2) is 22.2 Å². The van der Waals surface area contributed by atoms with Gasteiger partial charge in [-0.15, -0.1) is 0 Å². The Hall–Kier alpha value is -3.14. The van der Waals surface area contributed by atoms with Gasteiger partial charge in [0.15, 0.2) is 0 Å². The van der Waals surface area contributed by atoms with Crippen LogP contribution in [0.2, 0.25) is 0 Å². The van der Waals surface area contributed by atoms with Crippen molar-refractivity contribution in [1.29, 1.82) is 0 Å². The Morgan fingerprint density at radius 3 is 1.41 bits per heavy atom. The van der Waals surface area contributed by atoms with Crippen molar-refractivity contribution < 1.29 is 19.8 Å². The molecule has 110 valence electrons. The van der Waals surface area contributed by atoms with E-state index in [9.17, 15) is 19.8 Å². The maximum absolute atomic E-state index is 11.6. The van der Waals surface area contributed by atoms with Crippen LogP contribution < -0.4 is 0 Å². The molecule has 0 unspecified atom stereocenters. The monoisotopic (exact) mass is 294 g/mol. The molecule has 0 atom stereocenters. The second-order valence-electron chi connectivity index (χ2n) is 4.56. The van der Waals surface area contributed by atoms with Crippen LogP contribution in [0.5, 0.6) is 0 Å². The minimum Gasteiger partial charge on any atom is -0.478 e. The first-order valence-corrected chi connectivity index (χ1v) is 6.49. The van der Waals surface area contributed by atoms with E-state index in [1.807, 2.05) is 0 Å². The number of aromatic carboxylic acids is 2. The topological polar surface area (TPSA) is 74.6 Å². The van der Waals surface area contributed by atoms with Gasteiger partial charge in [0.1, 0.15) is 0 Å². The van der Waals surface area contributed by atoms with Crippen molar-refractivity contribution >= 4 is 24.1 Å². The molecule has 0 heterocycles. The molecule has 0 spiro atoms. The van der Waals surface area contributed by atoms with E-state index < -0.39 is 11.9 Å². The minimum atomic E-state index is -1.13. The smallest absolute Gasteiger partial charge is 0.336 e. The Morgan fingerprint density at radius 2 is 1.14 bits per heavy atom. The van der Waals surface area contributed by atoms with Gasteiger partial charge in [-0.25, -0.2) is 9.59 Å². The molecule has 0 bridgehead atoms. The summed E-state index contributed by atoms with van der Waals surface area (Å²) in [4.78, 5) is 23.2. The molecule has 0 saturated heterocycles. The van der Waals surface area contributed by atoms with Crippen LogP contribution in [0.3, 0.4) is 0 Å². The van der Waals surface area contributed by atoms with Gasteiger partial charge in [0.2, 0.25) is 0 Å². The van der Waals surface area contributed by atoms with Gasteiger partial charge in [-0.1, -0.05) is 61.7 Å². The minimum absolute atomic E-state index is 0.0289. The van der Waals surface area contributed by atoms with Gasteiger partial charge in [0.05, 0.1) is 11.1 Å². The first-order chi connectivity index (χ1) is 10.5. The zero-order valence-corrected chi connectivity index (χ0v) is 11.7. The van der Waals surface area contributed by atoms with E-state index in [0.29, 0.717) is 22.3 Å². The predicted octanol–water partition coefficient (Wildman–Crippen LogP) is 4.04. The maximum atomic E-state index is 11.6. The number of hydrogen-bond acceptors (Lipinski definition) is 2. The van der Waals surface area contributed by atoms with Crippen LogP contribution >= 0.6 is 0 Å². The third-order valence-corrected chi connectivity index (χ3v) is 3.35. The molecule has 2 aromatic carbocycles. The van der Waals surface area contributed by atoms with Crippen molar-refractivity contribution in [3.8, 4) is 11.1 Å². The Balaban J connectivity index is 2.89. The fraction of sp³-hybridized carbons (Fsp3) is 0. The van der Waals surface area contributed by atoms with Gasteiger partial charge in [0, 0.05) is 0 Å².